The Morgan fingerprint density at radius 1 is 0.757 bits per heavy atom. The van der Waals surface area contributed by atoms with Gasteiger partial charge in [0.2, 0.25) is 0 Å². The van der Waals surface area contributed by atoms with Crippen LogP contribution in [-0.2, 0) is 30.5 Å². The zero-order valence-electron chi connectivity index (χ0n) is 22.3. The maximum Gasteiger partial charge on any atom is 0.262 e. The molecule has 1 heterocycles. The predicted molar refractivity (Wildman–Crippen MR) is 147 cm³/mol. The van der Waals surface area contributed by atoms with E-state index in [0.717, 1.165) is 41.0 Å². The molecular formula is C32H41ClN2O2. The summed E-state index contributed by atoms with van der Waals surface area (Å²) >= 11 is 0. The van der Waals surface area contributed by atoms with Crippen LogP contribution in [0.3, 0.4) is 0 Å². The van der Waals surface area contributed by atoms with Crippen LogP contribution in [-0.4, -0.2) is 16.3 Å². The average Bonchev–Trinajstić information content (AvgIpc) is 3.19. The number of aromatic nitrogens is 2. The number of hydrogen-bond donors (Lipinski definition) is 1. The molecule has 0 unspecified atom stereocenters. The van der Waals surface area contributed by atoms with Gasteiger partial charge in [-0.15, -0.1) is 0 Å². The Morgan fingerprint density at radius 3 is 1.92 bits per heavy atom. The number of aliphatic hydroxyl groups is 1. The highest BCUT2D eigenvalue weighted by molar-refractivity contribution is 5.72. The minimum Gasteiger partial charge on any atom is -1.00 e. The Kier molecular flexibility index (Phi) is 11.2. The number of imidazole rings is 1. The third kappa shape index (κ3) is 7.01. The molecule has 37 heavy (non-hydrogen) atoms. The molecule has 198 valence electrons. The molecule has 0 aliphatic carbocycles. The first-order chi connectivity index (χ1) is 17.6. The molecule has 0 spiro atoms. The number of rotatable bonds is 14. The number of fused-ring (bicyclic) bond motifs is 1. The van der Waals surface area contributed by atoms with Crippen LogP contribution >= 0.6 is 0 Å². The summed E-state index contributed by atoms with van der Waals surface area (Å²) < 4.78 is 10.6. The summed E-state index contributed by atoms with van der Waals surface area (Å²) in [7, 11) is 2.08. The molecule has 5 heteroatoms. The van der Waals surface area contributed by atoms with Gasteiger partial charge in [0.05, 0.1) is 20.1 Å². The molecule has 0 saturated carbocycles. The fourth-order valence-electron chi connectivity index (χ4n) is 5.14. The lowest BCUT2D eigenvalue weighted by molar-refractivity contribution is -0.655. The molecule has 3 aromatic carbocycles. The van der Waals surface area contributed by atoms with Gasteiger partial charge < -0.3 is 22.3 Å². The summed E-state index contributed by atoms with van der Waals surface area (Å²) in [6, 6.07) is 28.4. The van der Waals surface area contributed by atoms with Crippen molar-refractivity contribution < 1.29 is 26.8 Å². The Morgan fingerprint density at radius 2 is 1.30 bits per heavy atom. The number of halogens is 1. The topological polar surface area (TPSA) is 38.3 Å². The van der Waals surface area contributed by atoms with E-state index in [9.17, 15) is 5.11 Å². The normalized spacial score (nSPS) is 11.5. The summed E-state index contributed by atoms with van der Waals surface area (Å²) in [5.41, 5.74) is 2.87. The van der Waals surface area contributed by atoms with Crippen LogP contribution in [0, 0.1) is 0 Å². The average molecular weight is 521 g/mol. The molecule has 0 aliphatic heterocycles. The molecule has 4 aromatic rings. The fraction of sp³-hybridized carbons (Fsp3) is 0.406. The van der Waals surface area contributed by atoms with E-state index < -0.39 is 5.60 Å². The number of hydrogen-bond acceptors (Lipinski definition) is 2. The lowest BCUT2D eigenvalue weighted by atomic mass is 9.83. The van der Waals surface area contributed by atoms with Gasteiger partial charge in [-0.05, 0) is 29.7 Å². The highest BCUT2D eigenvalue weighted by Gasteiger charge is 2.37. The first-order valence-corrected chi connectivity index (χ1v) is 13.5. The summed E-state index contributed by atoms with van der Waals surface area (Å²) in [5.74, 6) is 1.03. The minimum atomic E-state index is -1.16. The molecular weight excluding hydrogens is 480 g/mol. The number of para-hydroxylation sites is 2. The van der Waals surface area contributed by atoms with Crippen LogP contribution in [0.2, 0.25) is 0 Å². The first-order valence-electron chi connectivity index (χ1n) is 13.5. The van der Waals surface area contributed by atoms with Crippen LogP contribution in [0.15, 0.2) is 84.9 Å². The van der Waals surface area contributed by atoms with Crippen LogP contribution < -0.4 is 17.0 Å². The second-order valence-electron chi connectivity index (χ2n) is 9.82. The van der Waals surface area contributed by atoms with Gasteiger partial charge in [0.15, 0.2) is 17.8 Å². The Bertz CT molecular complexity index is 1170. The van der Waals surface area contributed by atoms with Gasteiger partial charge >= 0.3 is 0 Å². The van der Waals surface area contributed by atoms with E-state index in [1.54, 1.807) is 0 Å². The lowest BCUT2D eigenvalue weighted by Gasteiger charge is -2.28. The number of aryl methyl sites for hydroxylation is 1. The van der Waals surface area contributed by atoms with E-state index in [0.29, 0.717) is 13.2 Å². The fourth-order valence-corrected chi connectivity index (χ4v) is 5.14. The standard InChI is InChI=1S/C32H41N2O2.ClH/c1-3-4-5-6-7-8-17-24-36-26-34-30-23-16-15-22-29(30)33(2)31(34)25-32(35,27-18-11-9-12-19-27)28-20-13-10-14-21-28;/h9-16,18-23,35H,3-8,17,24-26H2,1-2H3;1H/q+1;/p-1. The first kappa shape index (κ1) is 28.9. The van der Waals surface area contributed by atoms with Gasteiger partial charge in [0, 0.05) is 0 Å². The quantitative estimate of drug-likeness (QED) is 0.203. The van der Waals surface area contributed by atoms with Crippen molar-refractivity contribution in [2.75, 3.05) is 6.61 Å². The molecule has 0 bridgehead atoms. The third-order valence-corrected chi connectivity index (χ3v) is 7.26. The van der Waals surface area contributed by atoms with Crippen molar-refractivity contribution in [3.05, 3.63) is 102 Å². The number of unbranched alkanes of at least 4 members (excludes halogenated alkanes) is 6. The van der Waals surface area contributed by atoms with Crippen molar-refractivity contribution in [3.8, 4) is 0 Å². The van der Waals surface area contributed by atoms with Gasteiger partial charge in [-0.25, -0.2) is 9.13 Å². The van der Waals surface area contributed by atoms with Crippen molar-refractivity contribution in [2.45, 2.75) is 70.6 Å². The van der Waals surface area contributed by atoms with Crippen LogP contribution in [0.5, 0.6) is 0 Å². The van der Waals surface area contributed by atoms with Gasteiger partial charge in [0.1, 0.15) is 5.60 Å². The second kappa shape index (κ2) is 14.3. The van der Waals surface area contributed by atoms with Crippen LogP contribution in [0.4, 0.5) is 0 Å². The van der Waals surface area contributed by atoms with E-state index in [1.807, 2.05) is 60.7 Å². The third-order valence-electron chi connectivity index (χ3n) is 7.26. The second-order valence-corrected chi connectivity index (χ2v) is 9.82. The largest absolute Gasteiger partial charge is 1.00 e. The highest BCUT2D eigenvalue weighted by atomic mass is 35.5. The smallest absolute Gasteiger partial charge is 0.262 e. The molecule has 4 nitrogen and oxygen atoms in total. The summed E-state index contributed by atoms with van der Waals surface area (Å²) in [5, 5.41) is 12.2. The Balaban J connectivity index is 0.00000380. The van der Waals surface area contributed by atoms with Crippen molar-refractivity contribution in [3.63, 3.8) is 0 Å². The maximum absolute atomic E-state index is 12.2. The lowest BCUT2D eigenvalue weighted by Crippen LogP contribution is -3.00. The van der Waals surface area contributed by atoms with Crippen molar-refractivity contribution >= 4 is 11.0 Å². The number of ether oxygens (including phenoxy) is 1. The Labute approximate surface area is 228 Å². The van der Waals surface area contributed by atoms with Crippen molar-refractivity contribution in [2.24, 2.45) is 7.05 Å². The molecule has 0 radical (unpaired) electrons. The molecule has 1 aromatic heterocycles. The minimum absolute atomic E-state index is 0. The molecule has 0 amide bonds. The zero-order chi connectivity index (χ0) is 25.2. The maximum atomic E-state index is 12.2. The molecule has 0 atom stereocenters. The molecule has 0 saturated heterocycles. The monoisotopic (exact) mass is 520 g/mol. The molecule has 0 aliphatic rings. The van der Waals surface area contributed by atoms with Gasteiger partial charge in [-0.2, -0.15) is 0 Å². The number of nitrogens with zero attached hydrogens (tertiary/aromatic N) is 2. The van der Waals surface area contributed by atoms with E-state index in [2.05, 4.69) is 47.4 Å². The van der Waals surface area contributed by atoms with E-state index in [-0.39, 0.29) is 12.4 Å². The van der Waals surface area contributed by atoms with Crippen molar-refractivity contribution in [1.29, 1.82) is 0 Å². The SMILES string of the molecule is CCCCCCCCCOCn1c(CC(O)(c2ccccc2)c2ccccc2)[n+](C)c2ccccc21.[Cl-]. The van der Waals surface area contributed by atoms with E-state index in [1.165, 1.54) is 38.5 Å². The van der Waals surface area contributed by atoms with Crippen molar-refractivity contribution in [1.82, 2.24) is 4.57 Å². The van der Waals surface area contributed by atoms with E-state index >= 15 is 0 Å². The number of benzene rings is 3. The summed E-state index contributed by atoms with van der Waals surface area (Å²) in [6.45, 7) is 3.49. The summed E-state index contributed by atoms with van der Waals surface area (Å²) in [4.78, 5) is 0. The molecule has 4 rings (SSSR count). The molecule has 1 N–H and O–H groups in total. The summed E-state index contributed by atoms with van der Waals surface area (Å²) in [6.07, 6.45) is 9.34. The van der Waals surface area contributed by atoms with Gasteiger partial charge in [-0.3, -0.25) is 0 Å². The van der Waals surface area contributed by atoms with Crippen LogP contribution in [0.25, 0.3) is 11.0 Å². The van der Waals surface area contributed by atoms with Crippen LogP contribution in [0.1, 0.15) is 68.8 Å². The van der Waals surface area contributed by atoms with Gasteiger partial charge in [0.25, 0.3) is 5.82 Å². The zero-order valence-corrected chi connectivity index (χ0v) is 23.0. The van der Waals surface area contributed by atoms with E-state index in [4.69, 9.17) is 4.74 Å². The Hall–Kier alpha value is -2.66. The highest BCUT2D eigenvalue weighted by Crippen LogP contribution is 2.33. The predicted octanol–water partition coefficient (Wildman–Crippen LogP) is 3.67. The van der Waals surface area contributed by atoms with Gasteiger partial charge in [-0.1, -0.05) is 118 Å². The molecule has 0 fully saturated rings.